The van der Waals surface area contributed by atoms with Crippen LogP contribution in [-0.2, 0) is 0 Å². The molecule has 0 aromatic carbocycles. The van der Waals surface area contributed by atoms with Gasteiger partial charge >= 0.3 is 0 Å². The van der Waals surface area contributed by atoms with Gasteiger partial charge in [-0.25, -0.2) is 4.98 Å². The van der Waals surface area contributed by atoms with E-state index in [0.717, 1.165) is 37.3 Å². The smallest absolute Gasteiger partial charge is 0.226 e. The lowest BCUT2D eigenvalue weighted by molar-refractivity contribution is 0.356. The molecule has 0 radical (unpaired) electrons. The quantitative estimate of drug-likeness (QED) is 0.859. The fraction of sp³-hybridized carbons (Fsp3) is 0.714. The van der Waals surface area contributed by atoms with E-state index in [4.69, 9.17) is 4.98 Å². The van der Waals surface area contributed by atoms with Crippen molar-refractivity contribution < 1.29 is 0 Å². The molecule has 1 aromatic heterocycles. The number of hydrogen-bond acceptors (Lipinski definition) is 5. The predicted octanol–water partition coefficient (Wildman–Crippen LogP) is 0.977. The highest BCUT2D eigenvalue weighted by molar-refractivity contribution is 5.48. The van der Waals surface area contributed by atoms with Crippen LogP contribution in [0.5, 0.6) is 0 Å². The summed E-state index contributed by atoms with van der Waals surface area (Å²) in [6, 6.07) is 2.03. The summed E-state index contributed by atoms with van der Waals surface area (Å²) in [6.45, 7) is 8.02. The van der Waals surface area contributed by atoms with Gasteiger partial charge in [0.05, 0.1) is 0 Å². The molecule has 3 heterocycles. The van der Waals surface area contributed by atoms with Crippen molar-refractivity contribution in [2.45, 2.75) is 19.4 Å². The molecular weight excluding hydrogens is 238 g/mol. The second-order valence-corrected chi connectivity index (χ2v) is 6.40. The van der Waals surface area contributed by atoms with Crippen molar-refractivity contribution in [3.8, 4) is 0 Å². The highest BCUT2D eigenvalue weighted by Gasteiger charge is 2.49. The van der Waals surface area contributed by atoms with E-state index < -0.39 is 0 Å². The minimum Gasteiger partial charge on any atom is -0.351 e. The highest BCUT2D eigenvalue weighted by atomic mass is 15.3. The fourth-order valence-electron chi connectivity index (χ4n) is 3.52. The Morgan fingerprint density at radius 3 is 2.84 bits per heavy atom. The second kappa shape index (κ2) is 4.34. The Morgan fingerprint density at radius 2 is 2.16 bits per heavy atom. The van der Waals surface area contributed by atoms with Gasteiger partial charge in [-0.2, -0.15) is 4.98 Å². The van der Waals surface area contributed by atoms with Crippen molar-refractivity contribution in [3.63, 3.8) is 0 Å². The number of rotatable bonds is 2. The summed E-state index contributed by atoms with van der Waals surface area (Å²) in [7, 11) is 3.96. The van der Waals surface area contributed by atoms with Crippen molar-refractivity contribution in [3.05, 3.63) is 12.3 Å². The van der Waals surface area contributed by atoms with Crippen LogP contribution in [0.1, 0.15) is 13.8 Å². The van der Waals surface area contributed by atoms with Crippen molar-refractivity contribution >= 4 is 11.8 Å². The average Bonchev–Trinajstić information content (AvgIpc) is 2.92. The molecule has 2 unspecified atom stereocenters. The third-order valence-corrected chi connectivity index (χ3v) is 4.66. The Morgan fingerprint density at radius 1 is 1.37 bits per heavy atom. The maximum atomic E-state index is 4.70. The van der Waals surface area contributed by atoms with E-state index in [1.165, 1.54) is 0 Å². The van der Waals surface area contributed by atoms with E-state index >= 15 is 0 Å². The van der Waals surface area contributed by atoms with Crippen molar-refractivity contribution in [1.82, 2.24) is 15.3 Å². The second-order valence-electron chi connectivity index (χ2n) is 6.40. The normalized spacial score (nSPS) is 28.5. The standard InChI is InChI=1S/C14H23N5/c1-14(2)11-8-15-7-10(11)9-19(14)12-5-6-16-13(17-12)18(3)4/h5-6,10-11,15H,7-9H2,1-4H3. The van der Waals surface area contributed by atoms with Gasteiger partial charge in [-0.3, -0.25) is 0 Å². The Labute approximate surface area is 115 Å². The molecular formula is C14H23N5. The van der Waals surface area contributed by atoms with E-state index in [1.807, 2.05) is 31.3 Å². The Bertz CT molecular complexity index is 471. The molecule has 0 bridgehead atoms. The van der Waals surface area contributed by atoms with Gasteiger partial charge in [0.25, 0.3) is 0 Å². The zero-order chi connectivity index (χ0) is 13.6. The maximum absolute atomic E-state index is 4.70. The van der Waals surface area contributed by atoms with E-state index in [-0.39, 0.29) is 5.54 Å². The molecule has 0 spiro atoms. The number of aromatic nitrogens is 2. The summed E-state index contributed by atoms with van der Waals surface area (Å²) >= 11 is 0. The van der Waals surface area contributed by atoms with Gasteiger partial charge in [0.1, 0.15) is 5.82 Å². The molecule has 0 aliphatic carbocycles. The lowest BCUT2D eigenvalue weighted by atomic mass is 9.85. The zero-order valence-corrected chi connectivity index (χ0v) is 12.2. The molecule has 2 aliphatic heterocycles. The minimum absolute atomic E-state index is 0.159. The summed E-state index contributed by atoms with van der Waals surface area (Å²) in [5.74, 6) is 3.29. The van der Waals surface area contributed by atoms with Crippen LogP contribution in [0.25, 0.3) is 0 Å². The van der Waals surface area contributed by atoms with Gasteiger partial charge in [0, 0.05) is 45.5 Å². The van der Waals surface area contributed by atoms with Crippen LogP contribution in [0, 0.1) is 11.8 Å². The number of hydrogen-bond donors (Lipinski definition) is 1. The Kier molecular flexibility index (Phi) is 2.89. The molecule has 2 atom stereocenters. The molecule has 1 N–H and O–H groups in total. The SMILES string of the molecule is CN(C)c1nccc(N2CC3CNCC3C2(C)C)n1. The monoisotopic (exact) mass is 261 g/mol. The first-order valence-electron chi connectivity index (χ1n) is 6.99. The van der Waals surface area contributed by atoms with Crippen molar-refractivity contribution in [2.24, 2.45) is 11.8 Å². The zero-order valence-electron chi connectivity index (χ0n) is 12.2. The van der Waals surface area contributed by atoms with Gasteiger partial charge in [-0.05, 0) is 31.7 Å². The van der Waals surface area contributed by atoms with E-state index in [9.17, 15) is 0 Å². The van der Waals surface area contributed by atoms with E-state index in [2.05, 4.69) is 29.0 Å². The number of anilines is 2. The molecule has 1 aromatic rings. The molecule has 0 saturated carbocycles. The summed E-state index contributed by atoms with van der Waals surface area (Å²) < 4.78 is 0. The van der Waals surface area contributed by atoms with Gasteiger partial charge in [0.2, 0.25) is 5.95 Å². The highest BCUT2D eigenvalue weighted by Crippen LogP contribution is 2.42. The molecule has 2 fully saturated rings. The fourth-order valence-corrected chi connectivity index (χ4v) is 3.52. The molecule has 2 aliphatic rings. The topological polar surface area (TPSA) is 44.3 Å². The summed E-state index contributed by atoms with van der Waals surface area (Å²) in [6.07, 6.45) is 1.86. The third kappa shape index (κ3) is 1.96. The molecule has 0 amide bonds. The van der Waals surface area contributed by atoms with Gasteiger partial charge in [-0.15, -0.1) is 0 Å². The minimum atomic E-state index is 0.159. The van der Waals surface area contributed by atoms with Crippen LogP contribution in [0.15, 0.2) is 12.3 Å². The number of nitrogens with one attached hydrogen (secondary N) is 1. The lowest BCUT2D eigenvalue weighted by Gasteiger charge is -2.36. The van der Waals surface area contributed by atoms with Crippen LogP contribution in [-0.4, -0.2) is 49.2 Å². The summed E-state index contributed by atoms with van der Waals surface area (Å²) in [5, 5.41) is 3.51. The maximum Gasteiger partial charge on any atom is 0.226 e. The molecule has 19 heavy (non-hydrogen) atoms. The average molecular weight is 261 g/mol. The summed E-state index contributed by atoms with van der Waals surface area (Å²) in [4.78, 5) is 13.4. The van der Waals surface area contributed by atoms with Crippen LogP contribution in [0.2, 0.25) is 0 Å². The van der Waals surface area contributed by atoms with E-state index in [0.29, 0.717) is 5.92 Å². The largest absolute Gasteiger partial charge is 0.351 e. The number of nitrogens with zero attached hydrogens (tertiary/aromatic N) is 4. The summed E-state index contributed by atoms with van der Waals surface area (Å²) in [5.41, 5.74) is 0.159. The van der Waals surface area contributed by atoms with Gasteiger partial charge in [0.15, 0.2) is 0 Å². The predicted molar refractivity (Wildman–Crippen MR) is 77.6 cm³/mol. The molecule has 5 nitrogen and oxygen atoms in total. The molecule has 2 saturated heterocycles. The third-order valence-electron chi connectivity index (χ3n) is 4.66. The van der Waals surface area contributed by atoms with E-state index in [1.54, 1.807) is 0 Å². The number of fused-ring (bicyclic) bond motifs is 1. The van der Waals surface area contributed by atoms with Crippen LogP contribution in [0.4, 0.5) is 11.8 Å². The van der Waals surface area contributed by atoms with Gasteiger partial charge in [-0.1, -0.05) is 0 Å². The first kappa shape index (κ1) is 12.7. The Hall–Kier alpha value is -1.36. The van der Waals surface area contributed by atoms with Crippen molar-refractivity contribution in [1.29, 1.82) is 0 Å². The first-order chi connectivity index (χ1) is 9.00. The first-order valence-corrected chi connectivity index (χ1v) is 6.99. The molecule has 104 valence electrons. The van der Waals surface area contributed by atoms with Crippen molar-refractivity contribution in [2.75, 3.05) is 43.5 Å². The van der Waals surface area contributed by atoms with Crippen LogP contribution in [0.3, 0.4) is 0 Å². The molecule has 5 heteroatoms. The van der Waals surface area contributed by atoms with Crippen LogP contribution >= 0.6 is 0 Å². The Balaban J connectivity index is 1.92. The van der Waals surface area contributed by atoms with Gasteiger partial charge < -0.3 is 15.1 Å². The van der Waals surface area contributed by atoms with Crippen LogP contribution < -0.4 is 15.1 Å². The lowest BCUT2D eigenvalue weighted by Crippen LogP contribution is -2.45. The molecule has 3 rings (SSSR count).